The van der Waals surface area contributed by atoms with Gasteiger partial charge in [0.1, 0.15) is 5.82 Å². The maximum atomic E-state index is 5.89. The first-order valence-corrected chi connectivity index (χ1v) is 8.32. The second-order valence-electron chi connectivity index (χ2n) is 6.53. The second-order valence-corrected chi connectivity index (χ2v) is 6.53. The molecule has 0 aliphatic carbocycles. The van der Waals surface area contributed by atoms with Crippen molar-refractivity contribution in [3.05, 3.63) is 42.4 Å². The normalized spacial score (nSPS) is 24.6. The molecule has 0 amide bonds. The van der Waals surface area contributed by atoms with E-state index in [2.05, 4.69) is 36.9 Å². The molecule has 2 aromatic heterocycles. The van der Waals surface area contributed by atoms with E-state index >= 15 is 0 Å². The zero-order valence-electron chi connectivity index (χ0n) is 13.6. The summed E-state index contributed by atoms with van der Waals surface area (Å²) in [5.74, 6) is 1.67. The van der Waals surface area contributed by atoms with Crippen LogP contribution >= 0.6 is 0 Å². The molecule has 2 aromatic rings. The lowest BCUT2D eigenvalue weighted by molar-refractivity contribution is 0.0871. The first-order chi connectivity index (χ1) is 11.8. The minimum absolute atomic E-state index is 0.315. The van der Waals surface area contributed by atoms with Crippen LogP contribution in [0.5, 0.6) is 0 Å². The SMILES string of the molecule is Nc1ccnc(N2C[C@@H]3COC[C@H](C2)N(Cc2ccncc2)C3)n1. The number of hydrogen-bond acceptors (Lipinski definition) is 7. The van der Waals surface area contributed by atoms with E-state index in [-0.39, 0.29) is 0 Å². The highest BCUT2D eigenvalue weighted by atomic mass is 16.5. The van der Waals surface area contributed by atoms with Gasteiger partial charge >= 0.3 is 0 Å². The van der Waals surface area contributed by atoms with Gasteiger partial charge in [0, 0.05) is 50.7 Å². The maximum absolute atomic E-state index is 5.89. The van der Waals surface area contributed by atoms with Crippen LogP contribution in [0.15, 0.2) is 36.8 Å². The molecule has 7 heteroatoms. The lowest BCUT2D eigenvalue weighted by Crippen LogP contribution is -2.44. The molecule has 2 atom stereocenters. The number of nitrogen functional groups attached to an aromatic ring is 1. The molecule has 126 valence electrons. The van der Waals surface area contributed by atoms with Gasteiger partial charge in [0.05, 0.1) is 19.3 Å². The number of aromatic nitrogens is 3. The van der Waals surface area contributed by atoms with Crippen molar-refractivity contribution in [1.82, 2.24) is 19.9 Å². The number of anilines is 2. The van der Waals surface area contributed by atoms with Crippen molar-refractivity contribution in [2.75, 3.05) is 43.5 Å². The molecule has 2 aliphatic rings. The van der Waals surface area contributed by atoms with Crippen molar-refractivity contribution in [3.63, 3.8) is 0 Å². The summed E-state index contributed by atoms with van der Waals surface area (Å²) in [4.78, 5) is 17.7. The number of nitrogens with two attached hydrogens (primary N) is 1. The van der Waals surface area contributed by atoms with Crippen molar-refractivity contribution in [2.24, 2.45) is 5.92 Å². The molecule has 4 rings (SSSR count). The molecule has 24 heavy (non-hydrogen) atoms. The Morgan fingerprint density at radius 3 is 2.79 bits per heavy atom. The number of fused-ring (bicyclic) bond motifs is 3. The van der Waals surface area contributed by atoms with Crippen LogP contribution in [0, 0.1) is 5.92 Å². The Balaban J connectivity index is 1.55. The lowest BCUT2D eigenvalue weighted by atomic mass is 10.1. The minimum Gasteiger partial charge on any atom is -0.384 e. The fraction of sp³-hybridized carbons (Fsp3) is 0.471. The smallest absolute Gasteiger partial charge is 0.227 e. The van der Waals surface area contributed by atoms with Crippen LogP contribution in [0.25, 0.3) is 0 Å². The van der Waals surface area contributed by atoms with Gasteiger partial charge in [-0.3, -0.25) is 9.88 Å². The van der Waals surface area contributed by atoms with Gasteiger partial charge in [-0.15, -0.1) is 0 Å². The summed E-state index contributed by atoms with van der Waals surface area (Å²) in [6.07, 6.45) is 5.43. The van der Waals surface area contributed by atoms with Gasteiger partial charge in [-0.25, -0.2) is 4.98 Å². The third-order valence-corrected chi connectivity index (χ3v) is 4.66. The Morgan fingerprint density at radius 1 is 1.08 bits per heavy atom. The number of nitrogens with zero attached hydrogens (tertiary/aromatic N) is 5. The molecule has 0 aromatic carbocycles. The number of rotatable bonds is 3. The molecule has 0 radical (unpaired) electrons. The Bertz CT molecular complexity index is 682. The number of ether oxygens (including phenoxy) is 1. The molecule has 2 bridgehead atoms. The fourth-order valence-electron chi connectivity index (χ4n) is 3.52. The summed E-state index contributed by atoms with van der Waals surface area (Å²) in [5.41, 5.74) is 7.11. The molecule has 2 saturated heterocycles. The van der Waals surface area contributed by atoms with E-state index in [0.29, 0.717) is 17.8 Å². The second kappa shape index (κ2) is 6.70. The summed E-state index contributed by atoms with van der Waals surface area (Å²) in [7, 11) is 0. The van der Waals surface area contributed by atoms with E-state index in [1.807, 2.05) is 12.4 Å². The van der Waals surface area contributed by atoms with E-state index in [0.717, 1.165) is 45.3 Å². The molecule has 2 fully saturated rings. The van der Waals surface area contributed by atoms with E-state index in [4.69, 9.17) is 10.5 Å². The summed E-state index contributed by atoms with van der Waals surface area (Å²) >= 11 is 0. The van der Waals surface area contributed by atoms with Crippen molar-refractivity contribution < 1.29 is 4.74 Å². The van der Waals surface area contributed by atoms with Gasteiger partial charge in [-0.05, 0) is 23.8 Å². The minimum atomic E-state index is 0.315. The first kappa shape index (κ1) is 15.3. The van der Waals surface area contributed by atoms with Gasteiger partial charge in [0.2, 0.25) is 5.95 Å². The topological polar surface area (TPSA) is 80.4 Å². The summed E-state index contributed by atoms with van der Waals surface area (Å²) in [6, 6.07) is 6.19. The monoisotopic (exact) mass is 326 g/mol. The Hall–Kier alpha value is -2.25. The molecule has 0 unspecified atom stereocenters. The molecule has 0 saturated carbocycles. The molecule has 2 N–H and O–H groups in total. The van der Waals surface area contributed by atoms with Crippen LogP contribution in [-0.2, 0) is 11.3 Å². The van der Waals surface area contributed by atoms with Gasteiger partial charge in [-0.1, -0.05) is 0 Å². The first-order valence-electron chi connectivity index (χ1n) is 8.32. The van der Waals surface area contributed by atoms with E-state index in [1.54, 1.807) is 12.3 Å². The van der Waals surface area contributed by atoms with Gasteiger partial charge in [-0.2, -0.15) is 4.98 Å². The van der Waals surface area contributed by atoms with Crippen LogP contribution in [0.1, 0.15) is 5.56 Å². The highest BCUT2D eigenvalue weighted by Gasteiger charge is 2.34. The highest BCUT2D eigenvalue weighted by Crippen LogP contribution is 2.24. The third-order valence-electron chi connectivity index (χ3n) is 4.66. The summed E-state index contributed by atoms with van der Waals surface area (Å²) in [5, 5.41) is 0. The van der Waals surface area contributed by atoms with Crippen LogP contribution in [0.4, 0.5) is 11.8 Å². The standard InChI is InChI=1S/C17H22N6O/c18-16-3-6-20-17(21-16)23-9-14-8-22(15(10-23)12-24-11-14)7-13-1-4-19-5-2-13/h1-6,14-15H,7-12H2,(H2,18,20,21)/t14-,15+/m1/s1. The average Bonchev–Trinajstić information content (AvgIpc) is 2.86. The third kappa shape index (κ3) is 3.32. The zero-order chi connectivity index (χ0) is 16.4. The summed E-state index contributed by atoms with van der Waals surface area (Å²) in [6.45, 7) is 5.20. The van der Waals surface area contributed by atoms with E-state index in [9.17, 15) is 0 Å². The van der Waals surface area contributed by atoms with Crippen molar-refractivity contribution in [2.45, 2.75) is 12.6 Å². The average molecular weight is 326 g/mol. The Labute approximate surface area is 141 Å². The summed E-state index contributed by atoms with van der Waals surface area (Å²) < 4.78 is 5.89. The molecule has 7 nitrogen and oxygen atoms in total. The quantitative estimate of drug-likeness (QED) is 0.893. The molecular formula is C17H22N6O. The van der Waals surface area contributed by atoms with Crippen LogP contribution in [-0.4, -0.2) is 58.7 Å². The molecular weight excluding hydrogens is 304 g/mol. The predicted octanol–water partition coefficient (Wildman–Crippen LogP) is 0.791. The van der Waals surface area contributed by atoms with Crippen LogP contribution in [0.2, 0.25) is 0 Å². The van der Waals surface area contributed by atoms with Gasteiger partial charge in [0.15, 0.2) is 0 Å². The van der Waals surface area contributed by atoms with E-state index in [1.165, 1.54) is 5.56 Å². The van der Waals surface area contributed by atoms with Crippen molar-refractivity contribution in [3.8, 4) is 0 Å². The molecule has 2 aliphatic heterocycles. The van der Waals surface area contributed by atoms with Gasteiger partial charge < -0.3 is 15.4 Å². The Kier molecular flexibility index (Phi) is 4.27. The number of hydrogen-bond donors (Lipinski definition) is 1. The maximum Gasteiger partial charge on any atom is 0.227 e. The van der Waals surface area contributed by atoms with Crippen molar-refractivity contribution in [1.29, 1.82) is 0 Å². The Morgan fingerprint density at radius 2 is 1.96 bits per heavy atom. The largest absolute Gasteiger partial charge is 0.384 e. The fourth-order valence-corrected chi connectivity index (χ4v) is 3.52. The highest BCUT2D eigenvalue weighted by molar-refractivity contribution is 5.38. The zero-order valence-corrected chi connectivity index (χ0v) is 13.6. The van der Waals surface area contributed by atoms with Crippen molar-refractivity contribution >= 4 is 11.8 Å². The lowest BCUT2D eigenvalue weighted by Gasteiger charge is -2.31. The van der Waals surface area contributed by atoms with Crippen LogP contribution in [0.3, 0.4) is 0 Å². The number of pyridine rings is 1. The molecule has 4 heterocycles. The van der Waals surface area contributed by atoms with Crippen LogP contribution < -0.4 is 10.6 Å². The van der Waals surface area contributed by atoms with E-state index < -0.39 is 0 Å². The van der Waals surface area contributed by atoms with Gasteiger partial charge in [0.25, 0.3) is 0 Å². The predicted molar refractivity (Wildman–Crippen MR) is 91.4 cm³/mol. The molecule has 0 spiro atoms.